The molecule has 0 spiro atoms. The fourth-order valence-corrected chi connectivity index (χ4v) is 11.5. The minimum atomic E-state index is 0.0104. The monoisotopic (exact) mass is 970 g/mol. The van der Waals surface area contributed by atoms with Crippen molar-refractivity contribution in [2.24, 2.45) is 0 Å². The zero-order chi connectivity index (χ0) is 50.1. The van der Waals surface area contributed by atoms with E-state index in [4.69, 9.17) is 19.9 Å². The van der Waals surface area contributed by atoms with Gasteiger partial charge in [0.2, 0.25) is 0 Å². The molecule has 8 heteroatoms. The van der Waals surface area contributed by atoms with Gasteiger partial charge in [0, 0.05) is 70.0 Å². The molecule has 0 saturated carbocycles. The molecule has 0 aliphatic heterocycles. The molecule has 0 saturated heterocycles. The fraction of sp³-hybridized carbons (Fsp3) is 0.0294. The van der Waals surface area contributed by atoms with Crippen molar-refractivity contribution >= 4 is 22.1 Å². The molecule has 4 heterocycles. The van der Waals surface area contributed by atoms with Gasteiger partial charge in [0.05, 0.1) is 44.8 Å². The first kappa shape index (κ1) is 43.4. The second-order valence-corrected chi connectivity index (χ2v) is 19.5. The van der Waals surface area contributed by atoms with Crippen molar-refractivity contribution in [2.75, 3.05) is 0 Å². The van der Waals surface area contributed by atoms with Gasteiger partial charge < -0.3 is 0 Å². The minimum Gasteiger partial charge on any atom is -0.253 e. The van der Waals surface area contributed by atoms with E-state index in [2.05, 4.69) is 214 Å². The lowest BCUT2D eigenvalue weighted by Gasteiger charge is -2.42. The second kappa shape index (κ2) is 17.8. The van der Waals surface area contributed by atoms with Crippen LogP contribution in [0, 0.1) is 0 Å². The van der Waals surface area contributed by atoms with Gasteiger partial charge in [0.1, 0.15) is 0 Å². The lowest BCUT2D eigenvalue weighted by Crippen LogP contribution is -2.27. The molecule has 0 radical (unpaired) electrons. The molecular formula is C68H42N8. The molecule has 0 fully saturated rings. The van der Waals surface area contributed by atoms with Crippen LogP contribution >= 0.6 is 0 Å². The summed E-state index contributed by atoms with van der Waals surface area (Å²) < 4.78 is 0. The van der Waals surface area contributed by atoms with Crippen LogP contribution in [0.4, 0.5) is 0 Å². The van der Waals surface area contributed by atoms with Gasteiger partial charge in [-0.15, -0.1) is 0 Å². The number of hydrogen-bond acceptors (Lipinski definition) is 8. The van der Waals surface area contributed by atoms with Crippen molar-refractivity contribution in [1.82, 2.24) is 39.9 Å². The van der Waals surface area contributed by atoms with Crippen LogP contribution < -0.4 is 0 Å². The molecule has 2 unspecified atom stereocenters. The Morgan fingerprint density at radius 3 is 1.00 bits per heavy atom. The lowest BCUT2D eigenvalue weighted by molar-refractivity contribution is 0.754. The minimum absolute atomic E-state index is 0.0104. The maximum atomic E-state index is 5.37. The van der Waals surface area contributed by atoms with Crippen LogP contribution in [0.5, 0.6) is 0 Å². The van der Waals surface area contributed by atoms with E-state index in [-0.39, 0.29) is 11.8 Å². The Morgan fingerprint density at radius 1 is 0.211 bits per heavy atom. The molecule has 8 nitrogen and oxygen atoms in total. The highest BCUT2D eigenvalue weighted by Gasteiger charge is 2.41. The summed E-state index contributed by atoms with van der Waals surface area (Å²) >= 11 is 0. The predicted octanol–water partition coefficient (Wildman–Crippen LogP) is 15.5. The van der Waals surface area contributed by atoms with Crippen LogP contribution in [0.25, 0.3) is 112 Å². The van der Waals surface area contributed by atoms with Crippen molar-refractivity contribution in [3.05, 3.63) is 277 Å². The Bertz CT molecular complexity index is 4160. The van der Waals surface area contributed by atoms with E-state index in [1.165, 1.54) is 33.4 Å². The SMILES string of the molecule is c1ccc(-c2cc(-c3cccc(-c4ccc5nccnc5c4)c3)nc(-c3ccc4c(c3)C3c5ccccc5C4c4cc(-c5nc(-c6ccccc6)cc(-c6cccc(-c7ccc8nccnc8c7)c6)n5)ccc43)n2)cc1. The van der Waals surface area contributed by atoms with E-state index in [0.29, 0.717) is 11.6 Å². The van der Waals surface area contributed by atoms with Crippen LogP contribution in [-0.2, 0) is 0 Å². The van der Waals surface area contributed by atoms with Crippen LogP contribution in [0.15, 0.2) is 243 Å². The normalized spacial score (nSPS) is 14.1. The third-order valence-corrected chi connectivity index (χ3v) is 15.1. The maximum Gasteiger partial charge on any atom is 0.160 e. The predicted molar refractivity (Wildman–Crippen MR) is 302 cm³/mol. The molecule has 0 amide bonds. The summed E-state index contributed by atoms with van der Waals surface area (Å²) in [6.07, 6.45) is 6.92. The molecule has 16 rings (SSSR count). The maximum absolute atomic E-state index is 5.37. The summed E-state index contributed by atoms with van der Waals surface area (Å²) in [5, 5.41) is 0. The van der Waals surface area contributed by atoms with Crippen molar-refractivity contribution in [2.45, 2.75) is 11.8 Å². The largest absolute Gasteiger partial charge is 0.253 e. The van der Waals surface area contributed by atoms with Crippen LogP contribution in [0.3, 0.4) is 0 Å². The third kappa shape index (κ3) is 7.54. The highest BCUT2D eigenvalue weighted by Crippen LogP contribution is 2.56. The topological polar surface area (TPSA) is 103 Å². The summed E-state index contributed by atoms with van der Waals surface area (Å²) in [4.78, 5) is 39.5. The quantitative estimate of drug-likeness (QED) is 0.148. The zero-order valence-electron chi connectivity index (χ0n) is 40.8. The van der Waals surface area contributed by atoms with E-state index < -0.39 is 0 Å². The third-order valence-electron chi connectivity index (χ3n) is 15.1. The van der Waals surface area contributed by atoms with Gasteiger partial charge in [0.25, 0.3) is 0 Å². The highest BCUT2D eigenvalue weighted by atomic mass is 14.9. The smallest absolute Gasteiger partial charge is 0.160 e. The van der Waals surface area contributed by atoms with Crippen LogP contribution in [-0.4, -0.2) is 39.9 Å². The average Bonchev–Trinajstić information content (AvgIpc) is 3.56. The second-order valence-electron chi connectivity index (χ2n) is 19.5. The van der Waals surface area contributed by atoms with Crippen molar-refractivity contribution in [3.8, 4) is 90.1 Å². The van der Waals surface area contributed by atoms with E-state index in [0.717, 1.165) is 100 Å². The summed E-state index contributed by atoms with van der Waals surface area (Å²) in [5.41, 5.74) is 25.0. The molecule has 2 bridgehead atoms. The molecule has 0 N–H and O–H groups in total. The molecule has 3 aliphatic rings. The molecular weight excluding hydrogens is 929 g/mol. The molecule has 354 valence electrons. The first-order chi connectivity index (χ1) is 37.6. The van der Waals surface area contributed by atoms with Crippen molar-refractivity contribution < 1.29 is 0 Å². The zero-order valence-corrected chi connectivity index (χ0v) is 40.8. The van der Waals surface area contributed by atoms with Crippen LogP contribution in [0.2, 0.25) is 0 Å². The summed E-state index contributed by atoms with van der Waals surface area (Å²) in [7, 11) is 0. The molecule has 2 atom stereocenters. The summed E-state index contributed by atoms with van der Waals surface area (Å²) in [5.74, 6) is 1.38. The lowest BCUT2D eigenvalue weighted by atomic mass is 9.61. The summed E-state index contributed by atoms with van der Waals surface area (Å²) in [6, 6.07) is 77.3. The van der Waals surface area contributed by atoms with Gasteiger partial charge in [-0.2, -0.15) is 0 Å². The fourth-order valence-electron chi connectivity index (χ4n) is 11.5. The Balaban J connectivity index is 0.825. The standard InChI is InChI=1S/C68H42N8/c1-3-11-41(12-4-1)59-39-61(47-17-9-15-43(33-47)45-23-27-57-63(37-45)71-31-29-69-57)75-67(73-59)49-21-25-53-55(35-49)65-51-19-7-8-20-52(51)66(53)56-36-50(22-26-54(56)65)68-74-60(42-13-5-2-6-14-42)40-62(76-68)48-18-10-16-44(34-48)46-24-28-58-64(38-46)72-32-30-70-58/h1-40,65-66H. The number of fused-ring (bicyclic) bond motifs is 2. The molecule has 3 aliphatic carbocycles. The van der Waals surface area contributed by atoms with Gasteiger partial charge in [-0.25, -0.2) is 19.9 Å². The molecule has 76 heavy (non-hydrogen) atoms. The Morgan fingerprint density at radius 2 is 0.553 bits per heavy atom. The van der Waals surface area contributed by atoms with E-state index >= 15 is 0 Å². The summed E-state index contributed by atoms with van der Waals surface area (Å²) in [6.45, 7) is 0. The van der Waals surface area contributed by atoms with E-state index in [1.807, 2.05) is 24.3 Å². The Kier molecular flexibility index (Phi) is 10.2. The Hall–Kier alpha value is -10.2. The molecule has 9 aromatic carbocycles. The molecule has 4 aromatic heterocycles. The van der Waals surface area contributed by atoms with Crippen molar-refractivity contribution in [3.63, 3.8) is 0 Å². The number of rotatable bonds is 8. The van der Waals surface area contributed by atoms with Gasteiger partial charge in [0.15, 0.2) is 11.6 Å². The first-order valence-electron chi connectivity index (χ1n) is 25.5. The Labute approximate surface area is 438 Å². The van der Waals surface area contributed by atoms with Gasteiger partial charge >= 0.3 is 0 Å². The molecule has 13 aromatic rings. The first-order valence-corrected chi connectivity index (χ1v) is 25.5. The van der Waals surface area contributed by atoms with Gasteiger partial charge in [-0.3, -0.25) is 19.9 Å². The van der Waals surface area contributed by atoms with Crippen molar-refractivity contribution in [1.29, 1.82) is 0 Å². The van der Waals surface area contributed by atoms with Gasteiger partial charge in [-0.1, -0.05) is 158 Å². The number of benzene rings is 9. The number of hydrogen-bond donors (Lipinski definition) is 0. The average molecular weight is 971 g/mol. The van der Waals surface area contributed by atoms with Crippen LogP contribution in [0.1, 0.15) is 45.2 Å². The van der Waals surface area contributed by atoms with E-state index in [1.54, 1.807) is 24.8 Å². The highest BCUT2D eigenvalue weighted by molar-refractivity contribution is 5.85. The van der Waals surface area contributed by atoms with Gasteiger partial charge in [-0.05, 0) is 116 Å². The number of nitrogens with zero attached hydrogens (tertiary/aromatic N) is 8. The number of aromatic nitrogens is 8. The van der Waals surface area contributed by atoms with E-state index in [9.17, 15) is 0 Å².